The summed E-state index contributed by atoms with van der Waals surface area (Å²) in [4.78, 5) is 33.4. The molecule has 0 aliphatic carbocycles. The van der Waals surface area contributed by atoms with Crippen molar-refractivity contribution in [3.05, 3.63) is 42.5 Å². The highest BCUT2D eigenvalue weighted by Gasteiger charge is 2.24. The second-order valence-electron chi connectivity index (χ2n) is 6.17. The van der Waals surface area contributed by atoms with Crippen molar-refractivity contribution in [2.24, 2.45) is 0 Å². The van der Waals surface area contributed by atoms with Gasteiger partial charge < -0.3 is 14.5 Å². The molecule has 0 bridgehead atoms. The van der Waals surface area contributed by atoms with E-state index in [-0.39, 0.29) is 17.7 Å². The number of nitrogens with zero attached hydrogens (tertiary/aromatic N) is 6. The fraction of sp³-hybridized carbons (Fsp3) is 0.278. The predicted molar refractivity (Wildman–Crippen MR) is 101 cm³/mol. The molecule has 9 nitrogen and oxygen atoms in total. The Labute approximate surface area is 160 Å². The maximum Gasteiger partial charge on any atom is 0.323 e. The number of nitrogens with one attached hydrogen (secondary N) is 1. The first kappa shape index (κ1) is 17.8. The minimum atomic E-state index is -0.427. The van der Waals surface area contributed by atoms with Gasteiger partial charge in [0.05, 0.1) is 18.1 Å². The molecule has 0 unspecified atom stereocenters. The minimum absolute atomic E-state index is 0.152. The SMILES string of the molecule is COc1nc2ccc(F)cc2nc1NC(=O)N1CCN(c2ncccn2)CC1. The van der Waals surface area contributed by atoms with E-state index >= 15 is 0 Å². The lowest BCUT2D eigenvalue weighted by Gasteiger charge is -2.34. The summed E-state index contributed by atoms with van der Waals surface area (Å²) in [5, 5.41) is 2.71. The number of aromatic nitrogens is 4. The number of amides is 2. The van der Waals surface area contributed by atoms with Crippen LogP contribution in [0.15, 0.2) is 36.7 Å². The lowest BCUT2D eigenvalue weighted by atomic mass is 10.3. The summed E-state index contributed by atoms with van der Waals surface area (Å²) >= 11 is 0. The number of urea groups is 1. The average Bonchev–Trinajstić information content (AvgIpc) is 2.74. The molecule has 1 N–H and O–H groups in total. The summed E-state index contributed by atoms with van der Waals surface area (Å²) in [6.07, 6.45) is 3.38. The monoisotopic (exact) mass is 383 g/mol. The van der Waals surface area contributed by atoms with E-state index in [1.165, 1.54) is 25.3 Å². The fourth-order valence-corrected chi connectivity index (χ4v) is 2.98. The molecule has 28 heavy (non-hydrogen) atoms. The molecule has 10 heteroatoms. The van der Waals surface area contributed by atoms with Gasteiger partial charge in [-0.3, -0.25) is 5.32 Å². The Kier molecular flexibility index (Phi) is 4.83. The van der Waals surface area contributed by atoms with Crippen molar-refractivity contribution in [3.8, 4) is 5.88 Å². The van der Waals surface area contributed by atoms with Crippen molar-refractivity contribution < 1.29 is 13.9 Å². The number of carbonyl (C=O) groups is 1. The zero-order chi connectivity index (χ0) is 19.5. The van der Waals surface area contributed by atoms with E-state index in [4.69, 9.17) is 4.74 Å². The van der Waals surface area contributed by atoms with Crippen LogP contribution in [0.5, 0.6) is 5.88 Å². The molecule has 1 aliphatic rings. The molecule has 1 aromatic carbocycles. The maximum atomic E-state index is 13.5. The van der Waals surface area contributed by atoms with Crippen LogP contribution in [0.3, 0.4) is 0 Å². The van der Waals surface area contributed by atoms with Crippen LogP contribution in [0.1, 0.15) is 0 Å². The van der Waals surface area contributed by atoms with E-state index in [0.29, 0.717) is 43.2 Å². The normalized spacial score (nSPS) is 14.2. The Morgan fingerprint density at radius 3 is 2.57 bits per heavy atom. The highest BCUT2D eigenvalue weighted by atomic mass is 19.1. The number of anilines is 2. The van der Waals surface area contributed by atoms with Gasteiger partial charge in [0.25, 0.3) is 5.88 Å². The van der Waals surface area contributed by atoms with E-state index < -0.39 is 5.82 Å². The molecule has 2 aromatic heterocycles. The Morgan fingerprint density at radius 1 is 1.11 bits per heavy atom. The molecule has 0 atom stereocenters. The van der Waals surface area contributed by atoms with Crippen LogP contribution < -0.4 is 15.0 Å². The number of hydrogen-bond acceptors (Lipinski definition) is 7. The van der Waals surface area contributed by atoms with Gasteiger partial charge in [-0.2, -0.15) is 0 Å². The van der Waals surface area contributed by atoms with Crippen LogP contribution in [-0.4, -0.2) is 64.2 Å². The maximum absolute atomic E-state index is 13.5. The summed E-state index contributed by atoms with van der Waals surface area (Å²) < 4.78 is 18.7. The third-order valence-electron chi connectivity index (χ3n) is 4.41. The van der Waals surface area contributed by atoms with Crippen LogP contribution in [-0.2, 0) is 0 Å². The Morgan fingerprint density at radius 2 is 1.86 bits per heavy atom. The largest absolute Gasteiger partial charge is 0.478 e. The number of methoxy groups -OCH3 is 1. The molecule has 3 aromatic rings. The Hall–Kier alpha value is -3.56. The summed E-state index contributed by atoms with van der Waals surface area (Å²) in [5.74, 6) is 0.540. The summed E-state index contributed by atoms with van der Waals surface area (Å²) in [6, 6.07) is 5.51. The summed E-state index contributed by atoms with van der Waals surface area (Å²) in [6.45, 7) is 2.23. The number of carbonyl (C=O) groups excluding carboxylic acids is 1. The van der Waals surface area contributed by atoms with E-state index in [0.717, 1.165) is 0 Å². The zero-order valence-electron chi connectivity index (χ0n) is 15.2. The lowest BCUT2D eigenvalue weighted by molar-refractivity contribution is 0.207. The first-order valence-electron chi connectivity index (χ1n) is 8.73. The number of halogens is 1. The van der Waals surface area contributed by atoms with Crippen molar-refractivity contribution in [3.63, 3.8) is 0 Å². The topological polar surface area (TPSA) is 96.4 Å². The number of benzene rings is 1. The van der Waals surface area contributed by atoms with Crippen LogP contribution >= 0.6 is 0 Å². The minimum Gasteiger partial charge on any atom is -0.478 e. The molecule has 0 saturated carbocycles. The highest BCUT2D eigenvalue weighted by Crippen LogP contribution is 2.24. The molecule has 0 radical (unpaired) electrons. The number of ether oxygens (including phenoxy) is 1. The van der Waals surface area contributed by atoms with Crippen LogP contribution in [0, 0.1) is 5.82 Å². The van der Waals surface area contributed by atoms with Crippen molar-refractivity contribution >= 4 is 28.8 Å². The van der Waals surface area contributed by atoms with Crippen LogP contribution in [0.25, 0.3) is 11.0 Å². The third-order valence-corrected chi connectivity index (χ3v) is 4.41. The Bertz CT molecular complexity index is 994. The molecule has 4 rings (SSSR count). The second-order valence-corrected chi connectivity index (χ2v) is 6.17. The molecule has 144 valence electrons. The number of piperazine rings is 1. The molecule has 1 aliphatic heterocycles. The number of rotatable bonds is 3. The van der Waals surface area contributed by atoms with Gasteiger partial charge in [0, 0.05) is 44.6 Å². The third kappa shape index (κ3) is 3.61. The quantitative estimate of drug-likeness (QED) is 0.738. The highest BCUT2D eigenvalue weighted by molar-refractivity contribution is 5.91. The summed E-state index contributed by atoms with van der Waals surface area (Å²) in [5.41, 5.74) is 0.815. The van der Waals surface area contributed by atoms with Crippen molar-refractivity contribution in [1.29, 1.82) is 0 Å². The number of fused-ring (bicyclic) bond motifs is 1. The molecule has 2 amide bonds. The Balaban J connectivity index is 1.46. The zero-order valence-corrected chi connectivity index (χ0v) is 15.2. The second kappa shape index (κ2) is 7.59. The van der Waals surface area contributed by atoms with Crippen molar-refractivity contribution in [2.45, 2.75) is 0 Å². The molecule has 3 heterocycles. The van der Waals surface area contributed by atoms with Crippen LogP contribution in [0.2, 0.25) is 0 Å². The van der Waals surface area contributed by atoms with Gasteiger partial charge in [-0.05, 0) is 18.2 Å². The number of hydrogen-bond donors (Lipinski definition) is 1. The van der Waals surface area contributed by atoms with Gasteiger partial charge in [0.2, 0.25) is 5.95 Å². The summed E-state index contributed by atoms with van der Waals surface area (Å²) in [7, 11) is 1.44. The smallest absolute Gasteiger partial charge is 0.323 e. The van der Waals surface area contributed by atoms with Gasteiger partial charge in [-0.15, -0.1) is 0 Å². The van der Waals surface area contributed by atoms with Crippen LogP contribution in [0.4, 0.5) is 21.0 Å². The van der Waals surface area contributed by atoms with Gasteiger partial charge in [-0.25, -0.2) is 29.1 Å². The van der Waals surface area contributed by atoms with Gasteiger partial charge in [0.15, 0.2) is 5.82 Å². The first-order chi connectivity index (χ1) is 13.6. The molecule has 0 spiro atoms. The van der Waals surface area contributed by atoms with E-state index in [9.17, 15) is 9.18 Å². The van der Waals surface area contributed by atoms with E-state index in [1.807, 2.05) is 4.90 Å². The van der Waals surface area contributed by atoms with Gasteiger partial charge in [-0.1, -0.05) is 0 Å². The fourth-order valence-electron chi connectivity index (χ4n) is 2.98. The molecular weight excluding hydrogens is 365 g/mol. The standard InChI is InChI=1S/C18H18FN7O2/c1-28-16-15(22-14-11-12(19)3-4-13(14)23-16)24-18(27)26-9-7-25(8-10-26)17-20-5-2-6-21-17/h2-6,11H,7-10H2,1H3,(H,22,24,27). The van der Waals surface area contributed by atoms with Crippen molar-refractivity contribution in [2.75, 3.05) is 43.5 Å². The predicted octanol–water partition coefficient (Wildman–Crippen LogP) is 1.92. The first-order valence-corrected chi connectivity index (χ1v) is 8.73. The van der Waals surface area contributed by atoms with E-state index in [1.54, 1.807) is 23.4 Å². The molecule has 1 fully saturated rings. The van der Waals surface area contributed by atoms with Gasteiger partial charge >= 0.3 is 6.03 Å². The van der Waals surface area contributed by atoms with E-state index in [2.05, 4.69) is 25.3 Å². The molecule has 1 saturated heterocycles. The average molecular weight is 383 g/mol. The lowest BCUT2D eigenvalue weighted by Crippen LogP contribution is -2.50. The van der Waals surface area contributed by atoms with Gasteiger partial charge in [0.1, 0.15) is 5.82 Å². The molecular formula is C18H18FN7O2. The van der Waals surface area contributed by atoms with Crippen molar-refractivity contribution in [1.82, 2.24) is 24.8 Å².